The lowest BCUT2D eigenvalue weighted by atomic mass is 10.1. The van der Waals surface area contributed by atoms with E-state index in [0.717, 1.165) is 81.1 Å². The van der Waals surface area contributed by atoms with Crippen LogP contribution in [0.1, 0.15) is 70.1 Å². The Balaban J connectivity index is 1.17. The Kier molecular flexibility index (Phi) is 14.5. The number of thiophene rings is 2. The van der Waals surface area contributed by atoms with E-state index in [9.17, 15) is 9.90 Å². The second-order valence-electron chi connectivity index (χ2n) is 13.6. The quantitative estimate of drug-likeness (QED) is 0.0472. The summed E-state index contributed by atoms with van der Waals surface area (Å²) in [5, 5.41) is 18.3. The lowest BCUT2D eigenvalue weighted by Gasteiger charge is -2.26. The molecule has 0 radical (unpaired) electrons. The number of nitriles is 1. The van der Waals surface area contributed by atoms with Crippen LogP contribution in [0.25, 0.3) is 37.4 Å². The van der Waals surface area contributed by atoms with Gasteiger partial charge in [0, 0.05) is 36.6 Å². The number of aliphatic carboxylic acids is 1. The lowest BCUT2D eigenvalue weighted by molar-refractivity contribution is -0.132. The maximum Gasteiger partial charge on any atom is 0.346 e. The van der Waals surface area contributed by atoms with E-state index >= 15 is 0 Å². The van der Waals surface area contributed by atoms with E-state index in [4.69, 9.17) is 14.7 Å². The Bertz CT molecular complexity index is 2150. The standard InChI is InChI=1S/C48H48N2O4S2/c1-3-5-7-9-31-53-42-23-19-40(20-24-42)50(41-21-25-43(26-22-41)54-32-10-8-6-4-2)39-17-15-37(16-18-39)47-30-29-46(56-47)36-13-11-35(12-14-36)45-28-27-44(55-45)33-38(34-49)48(51)52/h11-30,33H,3-10,31-32H2,1-2H3,(H,51,52)/b38-33-. The number of carboxylic acids is 1. The number of hydrogen-bond acceptors (Lipinski definition) is 7. The maximum absolute atomic E-state index is 11.2. The smallest absolute Gasteiger partial charge is 0.346 e. The van der Waals surface area contributed by atoms with Crippen molar-refractivity contribution in [1.82, 2.24) is 0 Å². The highest BCUT2D eigenvalue weighted by Gasteiger charge is 2.15. The van der Waals surface area contributed by atoms with Gasteiger partial charge in [-0.2, -0.15) is 5.26 Å². The van der Waals surface area contributed by atoms with Crippen LogP contribution >= 0.6 is 22.7 Å². The van der Waals surface area contributed by atoms with E-state index in [1.165, 1.54) is 65.7 Å². The molecule has 6 nitrogen and oxygen atoms in total. The third-order valence-electron chi connectivity index (χ3n) is 9.46. The van der Waals surface area contributed by atoms with Crippen LogP contribution in [-0.2, 0) is 4.79 Å². The van der Waals surface area contributed by atoms with E-state index in [0.29, 0.717) is 0 Å². The molecule has 1 N–H and O–H groups in total. The molecule has 0 saturated carbocycles. The highest BCUT2D eigenvalue weighted by atomic mass is 32.1. The Hall–Kier alpha value is -5.62. The molecule has 286 valence electrons. The second-order valence-corrected chi connectivity index (χ2v) is 15.8. The van der Waals surface area contributed by atoms with Crippen LogP contribution in [0.15, 0.2) is 127 Å². The van der Waals surface area contributed by atoms with Crippen LogP contribution in [-0.4, -0.2) is 24.3 Å². The van der Waals surface area contributed by atoms with E-state index in [2.05, 4.69) is 128 Å². The summed E-state index contributed by atoms with van der Waals surface area (Å²) in [6.07, 6.45) is 10.8. The summed E-state index contributed by atoms with van der Waals surface area (Å²) in [7, 11) is 0. The number of anilines is 3. The largest absolute Gasteiger partial charge is 0.494 e. The number of ether oxygens (including phenoxy) is 2. The molecular formula is C48H48N2O4S2. The molecule has 0 aliphatic carbocycles. The lowest BCUT2D eigenvalue weighted by Crippen LogP contribution is -2.10. The van der Waals surface area contributed by atoms with Gasteiger partial charge in [0.05, 0.1) is 13.2 Å². The van der Waals surface area contributed by atoms with Gasteiger partial charge in [-0.1, -0.05) is 88.8 Å². The van der Waals surface area contributed by atoms with Crippen molar-refractivity contribution in [3.05, 3.63) is 132 Å². The van der Waals surface area contributed by atoms with E-state index in [1.54, 1.807) is 17.4 Å². The van der Waals surface area contributed by atoms with Gasteiger partial charge in [0.1, 0.15) is 23.1 Å². The van der Waals surface area contributed by atoms with E-state index < -0.39 is 5.97 Å². The van der Waals surface area contributed by atoms with Crippen molar-refractivity contribution >= 4 is 51.8 Å². The van der Waals surface area contributed by atoms with E-state index in [1.807, 2.05) is 12.1 Å². The molecule has 0 aliphatic rings. The number of rotatable bonds is 20. The fraction of sp³-hybridized carbons (Fsp3) is 0.250. The first-order valence-corrected chi connectivity index (χ1v) is 21.1. The van der Waals surface area contributed by atoms with Crippen molar-refractivity contribution in [1.29, 1.82) is 5.26 Å². The molecule has 0 fully saturated rings. The van der Waals surface area contributed by atoms with Crippen molar-refractivity contribution in [3.63, 3.8) is 0 Å². The molecule has 2 heterocycles. The summed E-state index contributed by atoms with van der Waals surface area (Å²) in [5.74, 6) is 0.550. The van der Waals surface area contributed by atoms with Gasteiger partial charge in [-0.05, 0) is 121 Å². The van der Waals surface area contributed by atoms with Crippen molar-refractivity contribution in [2.45, 2.75) is 65.2 Å². The highest BCUT2D eigenvalue weighted by molar-refractivity contribution is 7.18. The van der Waals surface area contributed by atoms with Gasteiger partial charge in [-0.15, -0.1) is 22.7 Å². The van der Waals surface area contributed by atoms with Crippen molar-refractivity contribution in [2.24, 2.45) is 0 Å². The molecule has 6 rings (SSSR count). The molecule has 56 heavy (non-hydrogen) atoms. The highest BCUT2D eigenvalue weighted by Crippen LogP contribution is 2.40. The fourth-order valence-corrected chi connectivity index (χ4v) is 8.33. The SMILES string of the molecule is CCCCCCOc1ccc(N(c2ccc(OCCCCCC)cc2)c2ccc(-c3ccc(-c4ccc(-c5ccc(/C=C(/C#N)C(=O)O)s5)cc4)s3)cc2)cc1. The van der Waals surface area contributed by atoms with Gasteiger partial charge in [-0.3, -0.25) is 0 Å². The van der Waals surface area contributed by atoms with Gasteiger partial charge in [0.25, 0.3) is 0 Å². The average molecular weight is 781 g/mol. The van der Waals surface area contributed by atoms with Crippen molar-refractivity contribution in [2.75, 3.05) is 18.1 Å². The second kappa shape index (κ2) is 20.3. The maximum atomic E-state index is 11.2. The fourth-order valence-electron chi connectivity index (χ4n) is 6.36. The number of benzene rings is 4. The zero-order valence-electron chi connectivity index (χ0n) is 32.1. The topological polar surface area (TPSA) is 82.8 Å². The molecule has 6 aromatic rings. The van der Waals surface area contributed by atoms with Gasteiger partial charge < -0.3 is 19.5 Å². The third kappa shape index (κ3) is 10.8. The van der Waals surface area contributed by atoms with Gasteiger partial charge in [-0.25, -0.2) is 4.79 Å². The number of nitrogens with zero attached hydrogens (tertiary/aromatic N) is 2. The number of carboxylic acid groups (broad SMARTS) is 1. The number of unbranched alkanes of at least 4 members (excludes halogenated alkanes) is 6. The Morgan fingerprint density at radius 1 is 0.589 bits per heavy atom. The Morgan fingerprint density at radius 3 is 1.43 bits per heavy atom. The van der Waals surface area contributed by atoms with Crippen LogP contribution in [0.5, 0.6) is 11.5 Å². The minimum absolute atomic E-state index is 0.276. The molecule has 0 saturated heterocycles. The molecule has 0 aliphatic heterocycles. The summed E-state index contributed by atoms with van der Waals surface area (Å²) in [6.45, 7) is 5.91. The molecule has 2 aromatic heterocycles. The summed E-state index contributed by atoms with van der Waals surface area (Å²) >= 11 is 3.21. The van der Waals surface area contributed by atoms with Gasteiger partial charge >= 0.3 is 5.97 Å². The first kappa shape index (κ1) is 40.1. The monoisotopic (exact) mass is 780 g/mol. The van der Waals surface area contributed by atoms with Crippen LogP contribution < -0.4 is 14.4 Å². The van der Waals surface area contributed by atoms with Gasteiger partial charge in [0.2, 0.25) is 0 Å². The molecule has 0 atom stereocenters. The number of hydrogen-bond donors (Lipinski definition) is 1. The first-order valence-electron chi connectivity index (χ1n) is 19.5. The minimum atomic E-state index is -1.22. The van der Waals surface area contributed by atoms with Crippen LogP contribution in [0.4, 0.5) is 17.1 Å². The third-order valence-corrected chi connectivity index (χ3v) is 11.7. The molecule has 0 unspecified atom stereocenters. The van der Waals surface area contributed by atoms with Crippen molar-refractivity contribution < 1.29 is 19.4 Å². The first-order chi connectivity index (χ1) is 27.4. The molecule has 8 heteroatoms. The summed E-state index contributed by atoms with van der Waals surface area (Å²) in [5.41, 5.74) is 6.20. The predicted molar refractivity (Wildman–Crippen MR) is 234 cm³/mol. The Labute approximate surface area is 338 Å². The molecule has 0 amide bonds. The predicted octanol–water partition coefficient (Wildman–Crippen LogP) is 14.2. The molecule has 0 spiro atoms. The summed E-state index contributed by atoms with van der Waals surface area (Å²) in [4.78, 5) is 17.6. The summed E-state index contributed by atoms with van der Waals surface area (Å²) < 4.78 is 12.1. The summed E-state index contributed by atoms with van der Waals surface area (Å²) in [6, 6.07) is 43.8. The normalized spacial score (nSPS) is 11.3. The average Bonchev–Trinajstić information content (AvgIpc) is 3.92. The van der Waals surface area contributed by atoms with Crippen LogP contribution in [0.2, 0.25) is 0 Å². The minimum Gasteiger partial charge on any atom is -0.494 e. The zero-order chi connectivity index (χ0) is 39.1. The zero-order valence-corrected chi connectivity index (χ0v) is 33.7. The van der Waals surface area contributed by atoms with Crippen LogP contribution in [0.3, 0.4) is 0 Å². The molecule has 0 bridgehead atoms. The van der Waals surface area contributed by atoms with E-state index in [-0.39, 0.29) is 5.57 Å². The van der Waals surface area contributed by atoms with Gasteiger partial charge in [0.15, 0.2) is 0 Å². The molecule has 4 aromatic carbocycles. The number of carbonyl (C=O) groups is 1. The van der Waals surface area contributed by atoms with Crippen molar-refractivity contribution in [3.8, 4) is 48.9 Å². The Morgan fingerprint density at radius 2 is 1.00 bits per heavy atom. The van der Waals surface area contributed by atoms with Crippen LogP contribution in [0, 0.1) is 11.3 Å². The molecular weight excluding hydrogens is 733 g/mol.